The monoisotopic (exact) mass is 1190 g/mol. The minimum Gasteiger partial charge on any atom is -0.391 e. The summed E-state index contributed by atoms with van der Waals surface area (Å²) in [6, 6.07) is -1.06. The lowest BCUT2D eigenvalue weighted by molar-refractivity contribution is -0.133. The van der Waals surface area contributed by atoms with Gasteiger partial charge in [0.15, 0.2) is 5.65 Å². The van der Waals surface area contributed by atoms with Crippen molar-refractivity contribution in [3.05, 3.63) is 18.3 Å². The predicted molar refractivity (Wildman–Crippen MR) is 296 cm³/mol. The van der Waals surface area contributed by atoms with E-state index >= 15 is 0 Å². The van der Waals surface area contributed by atoms with Crippen LogP contribution in [0.25, 0.3) is 11.2 Å². The lowest BCUT2D eigenvalue weighted by Crippen LogP contribution is -2.58. The van der Waals surface area contributed by atoms with Crippen molar-refractivity contribution in [3.63, 3.8) is 0 Å². The highest BCUT2D eigenvalue weighted by molar-refractivity contribution is 7.47. The highest BCUT2D eigenvalue weighted by Gasteiger charge is 2.44. The summed E-state index contributed by atoms with van der Waals surface area (Å²) in [6.07, 6.45) is 8.11. The predicted octanol–water partition coefficient (Wildman–Crippen LogP) is 0.904. The lowest BCUT2D eigenvalue weighted by Gasteiger charge is -2.34. The number of fused-ring (bicyclic) bond motifs is 1. The lowest BCUT2D eigenvalue weighted by atomic mass is 10.0. The van der Waals surface area contributed by atoms with Crippen LogP contribution in [0.5, 0.6) is 0 Å². The molecule has 5 amide bonds. The Bertz CT molecular complexity index is 2250. The van der Waals surface area contributed by atoms with Gasteiger partial charge in [-0.1, -0.05) is 25.7 Å². The highest BCUT2D eigenvalue weighted by Crippen LogP contribution is 2.52. The van der Waals surface area contributed by atoms with Gasteiger partial charge >= 0.3 is 15.6 Å². The number of hydrogen-bond acceptors (Lipinski definition) is 21. The summed E-state index contributed by atoms with van der Waals surface area (Å²) in [6.45, 7) is 3.45. The Kier molecular flexibility index (Phi) is 31.9. The van der Waals surface area contributed by atoms with Crippen LogP contribution >= 0.6 is 15.6 Å². The van der Waals surface area contributed by atoms with E-state index in [0.29, 0.717) is 107 Å². The molecule has 13 N–H and O–H groups in total. The van der Waals surface area contributed by atoms with E-state index in [1.54, 1.807) is 17.8 Å². The van der Waals surface area contributed by atoms with Crippen molar-refractivity contribution in [2.45, 2.75) is 146 Å². The molecule has 0 aromatic carbocycles. The molecule has 0 radical (unpaired) electrons. The van der Waals surface area contributed by atoms with Gasteiger partial charge in [-0.25, -0.2) is 24.1 Å². The fourth-order valence-electron chi connectivity index (χ4n) is 9.36. The third kappa shape index (κ3) is 26.1. The zero-order valence-corrected chi connectivity index (χ0v) is 48.9. The Labute approximate surface area is 474 Å². The second-order valence-electron chi connectivity index (χ2n) is 20.4. The number of carbonyl (C=O) groups excluding carboxylic acids is 5. The smallest absolute Gasteiger partial charge is 0.391 e. The molecule has 1 saturated carbocycles. The highest BCUT2D eigenvalue weighted by atomic mass is 31.2. The Morgan fingerprint density at radius 3 is 1.75 bits per heavy atom. The van der Waals surface area contributed by atoms with Gasteiger partial charge in [0.2, 0.25) is 29.5 Å². The molecule has 0 bridgehead atoms. The van der Waals surface area contributed by atoms with Crippen LogP contribution in [0.4, 0.5) is 0 Å². The minimum atomic E-state index is -4.81. The molecule has 31 heteroatoms. The van der Waals surface area contributed by atoms with Gasteiger partial charge in [0.05, 0.1) is 83.1 Å². The SMILES string of the molecule is COP(=O)(O)OC[C@H]1C[C@@H](n2cnc3c(C)ncnc32)C[C@@H]1OP(=O)(O)OC[C@@H]1C[C@@H](O)CN1C(=O)CCCCCCCCC(=O)NC(COCCC(=O)NCCCN)(COCCC(=O)NCCCN)COCCC(=O)NCCCN. The second kappa shape index (κ2) is 37.2. The topological polar surface area (TPSA) is 418 Å². The first-order valence-corrected chi connectivity index (χ1v) is 31.1. The maximum atomic E-state index is 13.6. The molecule has 1 aliphatic heterocycles. The summed E-state index contributed by atoms with van der Waals surface area (Å²) in [4.78, 5) is 99.6. The first-order chi connectivity index (χ1) is 38.8. The Morgan fingerprint density at radius 1 is 0.679 bits per heavy atom. The van der Waals surface area contributed by atoms with Gasteiger partial charge in [0, 0.05) is 77.4 Å². The number of unbranched alkanes of at least 4 members (excludes halogenated alkanes) is 5. The number of carbonyl (C=O) groups is 5. The van der Waals surface area contributed by atoms with Crippen molar-refractivity contribution in [2.75, 3.05) is 106 Å². The van der Waals surface area contributed by atoms with E-state index < -0.39 is 52.0 Å². The standard InChI is InChI=1S/C50H90N12O17P2/c1-37-48-49(58-35-57-37)62(36-59-48)39-26-38(30-77-80(69,70)73-2)42(28-39)79-81(71,72)78-31-40-27-41(63)29-61(40)47(68)13-8-6-4-3-5-7-12-46(67)60-50(32-74-23-14-43(64)54-20-9-17-51,33-75-24-15-44(65)55-21-10-18-52)34-76-25-16-45(66)56-22-11-19-53/h35-36,38-42,63H,3-34,51-53H2,1-2H3,(H,54,64)(H,55,65)(H,56,66)(H,60,67)(H,69,70)(H,71,72)/t38-,39-,40+,41-,42+/m1/s1. The van der Waals surface area contributed by atoms with Crippen molar-refractivity contribution in [1.82, 2.24) is 45.7 Å². The summed E-state index contributed by atoms with van der Waals surface area (Å²) in [5.74, 6) is -1.88. The Balaban J connectivity index is 1.25. The molecule has 1 aliphatic carbocycles. The molecule has 2 unspecified atom stereocenters. The molecule has 81 heavy (non-hydrogen) atoms. The maximum absolute atomic E-state index is 13.6. The summed E-state index contributed by atoms with van der Waals surface area (Å²) in [5, 5.41) is 21.9. The van der Waals surface area contributed by atoms with Gasteiger partial charge in [0.25, 0.3) is 0 Å². The van der Waals surface area contributed by atoms with E-state index in [2.05, 4.69) is 40.7 Å². The fraction of sp³-hybridized carbons (Fsp3) is 0.800. The number of aromatic nitrogens is 4. The van der Waals surface area contributed by atoms with Crippen LogP contribution in [-0.2, 0) is 65.4 Å². The number of likely N-dealkylation sites (tertiary alicyclic amines) is 1. The molecule has 2 aromatic rings. The fourth-order valence-corrected chi connectivity index (χ4v) is 10.9. The van der Waals surface area contributed by atoms with Gasteiger partial charge in [-0.2, -0.15) is 0 Å². The average Bonchev–Trinajstić information content (AvgIpc) is 4.23. The Morgan fingerprint density at radius 2 is 1.21 bits per heavy atom. The van der Waals surface area contributed by atoms with Crippen molar-refractivity contribution < 1.29 is 80.3 Å². The third-order valence-electron chi connectivity index (χ3n) is 13.7. The number of imidazole rings is 1. The molecular weight excluding hydrogens is 1100 g/mol. The molecule has 1 saturated heterocycles. The van der Waals surface area contributed by atoms with Gasteiger partial charge in [0.1, 0.15) is 17.4 Å². The van der Waals surface area contributed by atoms with Gasteiger partial charge in [-0.3, -0.25) is 42.1 Å². The van der Waals surface area contributed by atoms with Crippen LogP contribution in [0, 0.1) is 12.8 Å². The van der Waals surface area contributed by atoms with Crippen LogP contribution in [0.3, 0.4) is 0 Å². The average molecular weight is 1190 g/mol. The van der Waals surface area contributed by atoms with Crippen LogP contribution in [0.15, 0.2) is 12.7 Å². The molecule has 7 atom stereocenters. The molecule has 462 valence electrons. The van der Waals surface area contributed by atoms with E-state index in [9.17, 15) is 48.0 Å². The van der Waals surface area contributed by atoms with E-state index in [1.165, 1.54) is 11.2 Å². The molecule has 3 heterocycles. The number of aliphatic hydroxyl groups excluding tert-OH is 1. The molecule has 0 spiro atoms. The van der Waals surface area contributed by atoms with Gasteiger partial charge < -0.3 is 77.0 Å². The van der Waals surface area contributed by atoms with Crippen LogP contribution < -0.4 is 38.5 Å². The maximum Gasteiger partial charge on any atom is 0.472 e. The van der Waals surface area contributed by atoms with Crippen molar-refractivity contribution in [3.8, 4) is 0 Å². The van der Waals surface area contributed by atoms with E-state index in [4.69, 9.17) is 45.0 Å². The van der Waals surface area contributed by atoms with Gasteiger partial charge in [-0.05, 0) is 77.9 Å². The quantitative estimate of drug-likeness (QED) is 0.0325. The first-order valence-electron chi connectivity index (χ1n) is 28.1. The zero-order valence-electron chi connectivity index (χ0n) is 47.1. The van der Waals surface area contributed by atoms with Gasteiger partial charge in [-0.15, -0.1) is 0 Å². The molecule has 29 nitrogen and oxygen atoms in total. The number of nitrogens with one attached hydrogen (secondary N) is 4. The van der Waals surface area contributed by atoms with Crippen LogP contribution in [-0.4, -0.2) is 198 Å². The van der Waals surface area contributed by atoms with E-state index in [1.807, 2.05) is 0 Å². The normalized spacial score (nSPS) is 19.8. The number of nitrogens with zero attached hydrogens (tertiary/aromatic N) is 5. The summed E-state index contributed by atoms with van der Waals surface area (Å²) >= 11 is 0. The second-order valence-corrected chi connectivity index (χ2v) is 23.4. The molecule has 2 aliphatic rings. The van der Waals surface area contributed by atoms with Crippen LogP contribution in [0.1, 0.15) is 121 Å². The Hall–Kier alpha value is -4.16. The summed E-state index contributed by atoms with van der Waals surface area (Å²) in [5.41, 5.74) is 17.1. The largest absolute Gasteiger partial charge is 0.472 e. The number of aliphatic hydroxyl groups is 1. The molecule has 2 aromatic heterocycles. The van der Waals surface area contributed by atoms with Crippen molar-refractivity contribution >= 4 is 56.3 Å². The minimum absolute atomic E-state index is 0.0236. The molecular formula is C50H90N12O17P2. The number of phosphoric ester groups is 2. The molecule has 2 fully saturated rings. The number of nitrogens with two attached hydrogens (primary N) is 3. The summed E-state index contributed by atoms with van der Waals surface area (Å²) in [7, 11) is -8.19. The first kappa shape index (κ1) is 69.3. The van der Waals surface area contributed by atoms with Crippen molar-refractivity contribution in [2.24, 2.45) is 23.1 Å². The number of aryl methyl sites for hydroxylation is 1. The van der Waals surface area contributed by atoms with E-state index in [0.717, 1.165) is 20.0 Å². The number of rotatable bonds is 44. The third-order valence-corrected chi connectivity index (χ3v) is 15.7. The summed E-state index contributed by atoms with van der Waals surface area (Å²) < 4.78 is 66.3. The van der Waals surface area contributed by atoms with E-state index in [-0.39, 0.29) is 133 Å². The zero-order chi connectivity index (χ0) is 59.1. The molecule has 4 rings (SSSR count). The number of amides is 5. The number of phosphoric acid groups is 2. The van der Waals surface area contributed by atoms with Crippen molar-refractivity contribution in [1.29, 1.82) is 0 Å². The number of hydrogen-bond donors (Lipinski definition) is 10. The number of ether oxygens (including phenoxy) is 3. The van der Waals surface area contributed by atoms with Crippen LogP contribution in [0.2, 0.25) is 0 Å². The number of β-amino-alcohol motifs (C(OH)–C–C–N with tert-alkyl or cyclic N) is 1.